The van der Waals surface area contributed by atoms with Crippen molar-refractivity contribution in [1.29, 1.82) is 0 Å². The van der Waals surface area contributed by atoms with Crippen LogP contribution in [0.2, 0.25) is 18.1 Å². The van der Waals surface area contributed by atoms with Gasteiger partial charge in [-0.1, -0.05) is 32.6 Å². The predicted octanol–water partition coefficient (Wildman–Crippen LogP) is 5.47. The molecule has 1 N–H and O–H groups in total. The van der Waals surface area contributed by atoms with Crippen molar-refractivity contribution in [2.24, 2.45) is 0 Å². The fourth-order valence-electron chi connectivity index (χ4n) is 4.49. The molecule has 0 unspecified atom stereocenters. The summed E-state index contributed by atoms with van der Waals surface area (Å²) in [4.78, 5) is 12.7. The maximum Gasteiger partial charge on any atom is 0.341 e. The van der Waals surface area contributed by atoms with Gasteiger partial charge in [0.05, 0.1) is 26.4 Å². The average molecular weight is 595 g/mol. The molecular formula is C31H50O9Si. The maximum absolute atomic E-state index is 12.7. The Kier molecular flexibility index (Phi) is 12.7. The van der Waals surface area contributed by atoms with E-state index in [4.69, 9.17) is 32.8 Å². The number of aliphatic hydroxyl groups excluding tert-OH is 1. The zero-order valence-corrected chi connectivity index (χ0v) is 27.7. The van der Waals surface area contributed by atoms with Crippen molar-refractivity contribution in [2.45, 2.75) is 116 Å². The van der Waals surface area contributed by atoms with Crippen LogP contribution in [0.3, 0.4) is 0 Å². The fraction of sp³-hybridized carbons (Fsp3) is 0.710. The Labute approximate surface area is 247 Å². The Hall–Kier alpha value is -2.13. The number of rotatable bonds is 13. The lowest BCUT2D eigenvalue weighted by Crippen LogP contribution is -2.43. The highest BCUT2D eigenvalue weighted by Gasteiger charge is 2.44. The van der Waals surface area contributed by atoms with Crippen LogP contribution in [0.25, 0.3) is 0 Å². The number of hydrogen-bond donors (Lipinski definition) is 1. The summed E-state index contributed by atoms with van der Waals surface area (Å²) in [5.74, 6) is 5.57. The molecule has 2 rings (SSSR count). The molecule has 0 amide bonds. The van der Waals surface area contributed by atoms with Gasteiger partial charge in [0.1, 0.15) is 29.3 Å². The van der Waals surface area contributed by atoms with Crippen molar-refractivity contribution in [1.82, 2.24) is 0 Å². The molecule has 1 aliphatic heterocycles. The molecular weight excluding hydrogens is 544 g/mol. The predicted molar refractivity (Wildman–Crippen MR) is 160 cm³/mol. The van der Waals surface area contributed by atoms with Crippen molar-refractivity contribution in [3.8, 4) is 23.3 Å². The van der Waals surface area contributed by atoms with Gasteiger partial charge in [-0.05, 0) is 69.8 Å². The van der Waals surface area contributed by atoms with E-state index in [1.54, 1.807) is 19.2 Å². The highest BCUT2D eigenvalue weighted by Crippen LogP contribution is 2.38. The topological polar surface area (TPSA) is 102 Å². The van der Waals surface area contributed by atoms with Crippen LogP contribution in [0.1, 0.15) is 76.7 Å². The SMILES string of the molecule is COCOc1cc(OC)cc(CCC[C@@H]2OC(C)(C)O[C@@H]2[C@H](O)C#CC[C@H](C)O[Si](C)(C)C(C)(C)C)c1C(=O)OC. The second-order valence-electron chi connectivity index (χ2n) is 12.4. The Morgan fingerprint density at radius 2 is 1.85 bits per heavy atom. The van der Waals surface area contributed by atoms with Gasteiger partial charge in [-0.3, -0.25) is 0 Å². The van der Waals surface area contributed by atoms with E-state index in [0.29, 0.717) is 48.3 Å². The van der Waals surface area contributed by atoms with Crippen molar-refractivity contribution >= 4 is 14.3 Å². The number of aliphatic hydroxyl groups is 1. The molecule has 4 atom stereocenters. The number of aryl methyl sites for hydroxylation is 1. The van der Waals surface area contributed by atoms with Crippen LogP contribution in [-0.4, -0.2) is 77.7 Å². The smallest absolute Gasteiger partial charge is 0.341 e. The van der Waals surface area contributed by atoms with Gasteiger partial charge in [0.2, 0.25) is 0 Å². The first-order valence-corrected chi connectivity index (χ1v) is 17.1. The van der Waals surface area contributed by atoms with E-state index in [2.05, 4.69) is 45.7 Å². The Morgan fingerprint density at radius 1 is 1.17 bits per heavy atom. The maximum atomic E-state index is 12.7. The number of ether oxygens (including phenoxy) is 6. The summed E-state index contributed by atoms with van der Waals surface area (Å²) in [6, 6.07) is 3.43. The quantitative estimate of drug-likeness (QED) is 0.138. The number of esters is 1. The Balaban J connectivity index is 2.12. The Morgan fingerprint density at radius 3 is 2.44 bits per heavy atom. The molecule has 1 saturated heterocycles. The van der Waals surface area contributed by atoms with Crippen LogP contribution in [0, 0.1) is 11.8 Å². The number of carbonyl (C=O) groups is 1. The summed E-state index contributed by atoms with van der Waals surface area (Å²) in [5.41, 5.74) is 1.04. The standard InChI is InChI=1S/C31H50O9Si/c1-21(40-41(10,11)30(2,3)4)14-12-16-24(32)28-25(38-31(5,6)39-28)17-13-15-22-18-23(35-8)19-26(37-20-34-7)27(22)29(33)36-9/h18-19,21,24-25,28,32H,13-15,17,20H2,1-11H3/t21-,24+,25-,28+/m0/s1. The van der Waals surface area contributed by atoms with Crippen LogP contribution in [0.4, 0.5) is 0 Å². The summed E-state index contributed by atoms with van der Waals surface area (Å²) in [6.07, 6.45) is 0.202. The molecule has 0 radical (unpaired) electrons. The first kappa shape index (κ1) is 35.1. The molecule has 0 spiro atoms. The van der Waals surface area contributed by atoms with Gasteiger partial charge < -0.3 is 38.0 Å². The first-order chi connectivity index (χ1) is 19.0. The third kappa shape index (κ3) is 9.98. The lowest BCUT2D eigenvalue weighted by molar-refractivity contribution is -0.152. The second-order valence-corrected chi connectivity index (χ2v) is 17.1. The molecule has 9 nitrogen and oxygen atoms in total. The van der Waals surface area contributed by atoms with E-state index in [1.165, 1.54) is 14.2 Å². The highest BCUT2D eigenvalue weighted by molar-refractivity contribution is 6.74. The molecule has 232 valence electrons. The monoisotopic (exact) mass is 594 g/mol. The first-order valence-electron chi connectivity index (χ1n) is 14.2. The van der Waals surface area contributed by atoms with E-state index < -0.39 is 32.3 Å². The normalized spacial score (nSPS) is 20.1. The summed E-state index contributed by atoms with van der Waals surface area (Å²) < 4.78 is 39.7. The molecule has 1 aromatic carbocycles. The van der Waals surface area contributed by atoms with Crippen molar-refractivity contribution in [3.05, 3.63) is 23.3 Å². The van der Waals surface area contributed by atoms with Gasteiger partial charge in [-0.2, -0.15) is 0 Å². The number of carbonyl (C=O) groups excluding carboxylic acids is 1. The van der Waals surface area contributed by atoms with Crippen molar-refractivity contribution in [3.63, 3.8) is 0 Å². The fourth-order valence-corrected chi connectivity index (χ4v) is 5.93. The van der Waals surface area contributed by atoms with Crippen molar-refractivity contribution < 1.29 is 42.7 Å². The number of methoxy groups -OCH3 is 3. The van der Waals surface area contributed by atoms with Crippen LogP contribution in [-0.2, 0) is 29.8 Å². The van der Waals surface area contributed by atoms with Crippen LogP contribution in [0.15, 0.2) is 12.1 Å². The minimum atomic E-state index is -1.90. The zero-order valence-electron chi connectivity index (χ0n) is 26.7. The third-order valence-electron chi connectivity index (χ3n) is 7.52. The molecule has 0 aromatic heterocycles. The molecule has 0 aliphatic carbocycles. The Bertz CT molecular complexity index is 1070. The number of hydrogen-bond acceptors (Lipinski definition) is 9. The molecule has 1 heterocycles. The summed E-state index contributed by atoms with van der Waals surface area (Å²) in [7, 11) is 2.48. The number of benzene rings is 1. The van der Waals surface area contributed by atoms with Gasteiger partial charge in [-0.25, -0.2) is 4.79 Å². The summed E-state index contributed by atoms with van der Waals surface area (Å²) in [5, 5.41) is 11.1. The van der Waals surface area contributed by atoms with Gasteiger partial charge >= 0.3 is 5.97 Å². The lowest BCUT2D eigenvalue weighted by atomic mass is 9.97. The minimum absolute atomic E-state index is 0.0271. The van der Waals surface area contributed by atoms with Crippen molar-refractivity contribution in [2.75, 3.05) is 28.1 Å². The van der Waals surface area contributed by atoms with Crippen LogP contribution in [0.5, 0.6) is 11.5 Å². The van der Waals surface area contributed by atoms with Gasteiger partial charge in [0.25, 0.3) is 0 Å². The van der Waals surface area contributed by atoms with Gasteiger partial charge in [0, 0.05) is 19.6 Å². The molecule has 0 bridgehead atoms. The van der Waals surface area contributed by atoms with Gasteiger partial charge in [0.15, 0.2) is 20.9 Å². The molecule has 10 heteroatoms. The summed E-state index contributed by atoms with van der Waals surface area (Å²) >= 11 is 0. The lowest BCUT2D eigenvalue weighted by Gasteiger charge is -2.38. The molecule has 1 aliphatic rings. The highest BCUT2D eigenvalue weighted by atomic mass is 28.4. The molecule has 1 aromatic rings. The largest absolute Gasteiger partial charge is 0.497 e. The molecule has 1 fully saturated rings. The van der Waals surface area contributed by atoms with Crippen LogP contribution >= 0.6 is 0 Å². The van der Waals surface area contributed by atoms with E-state index in [1.807, 2.05) is 20.8 Å². The van der Waals surface area contributed by atoms with E-state index >= 15 is 0 Å². The zero-order chi connectivity index (χ0) is 31.0. The average Bonchev–Trinajstić information content (AvgIpc) is 3.19. The third-order valence-corrected chi connectivity index (χ3v) is 12.1. The van der Waals surface area contributed by atoms with E-state index in [-0.39, 0.29) is 24.0 Å². The molecule has 41 heavy (non-hydrogen) atoms. The van der Waals surface area contributed by atoms with E-state index in [9.17, 15) is 9.90 Å². The van der Waals surface area contributed by atoms with E-state index in [0.717, 1.165) is 0 Å². The minimum Gasteiger partial charge on any atom is -0.497 e. The summed E-state index contributed by atoms with van der Waals surface area (Å²) in [6.45, 7) is 16.7. The van der Waals surface area contributed by atoms with Gasteiger partial charge in [-0.15, -0.1) is 0 Å². The van der Waals surface area contributed by atoms with Crippen LogP contribution < -0.4 is 9.47 Å². The second kappa shape index (κ2) is 14.9. The molecule has 0 saturated carbocycles.